The number of sulfone groups is 1. The summed E-state index contributed by atoms with van der Waals surface area (Å²) >= 11 is 0.838. The number of carbonyl (C=O) groups is 3. The van der Waals surface area contributed by atoms with Gasteiger partial charge in [0.1, 0.15) is 15.1 Å². The zero-order chi connectivity index (χ0) is 21.6. The molecule has 0 fully saturated rings. The SMILES string of the molecule is C=CCS(=O)(=O)C(C)C(=O)Nc1sc(C(=O)OC(C)C)c(C)c1C(=O)OCC. The lowest BCUT2D eigenvalue weighted by molar-refractivity contribution is -0.115. The van der Waals surface area contributed by atoms with Gasteiger partial charge in [0.15, 0.2) is 9.84 Å². The molecular weight excluding hydrogens is 406 g/mol. The molecule has 0 saturated carbocycles. The van der Waals surface area contributed by atoms with Crippen molar-refractivity contribution >= 4 is 44.0 Å². The van der Waals surface area contributed by atoms with Gasteiger partial charge in [-0.25, -0.2) is 18.0 Å². The van der Waals surface area contributed by atoms with Crippen LogP contribution in [0.3, 0.4) is 0 Å². The fourth-order valence-corrected chi connectivity index (χ4v) is 4.28. The van der Waals surface area contributed by atoms with E-state index in [1.54, 1.807) is 20.8 Å². The van der Waals surface area contributed by atoms with Crippen LogP contribution in [-0.4, -0.2) is 50.0 Å². The van der Waals surface area contributed by atoms with Crippen LogP contribution in [-0.2, 0) is 24.1 Å². The van der Waals surface area contributed by atoms with E-state index in [-0.39, 0.29) is 33.9 Å². The maximum atomic E-state index is 12.4. The van der Waals surface area contributed by atoms with Gasteiger partial charge in [-0.3, -0.25) is 4.79 Å². The third-order valence-corrected chi connectivity index (χ3v) is 6.83. The molecule has 1 aromatic heterocycles. The number of ether oxygens (including phenoxy) is 2. The number of rotatable bonds is 9. The molecule has 1 atom stereocenters. The second-order valence-corrected chi connectivity index (χ2v) is 9.57. The summed E-state index contributed by atoms with van der Waals surface area (Å²) in [5.41, 5.74) is 0.301. The monoisotopic (exact) mass is 431 g/mol. The third-order valence-electron chi connectivity index (χ3n) is 3.65. The van der Waals surface area contributed by atoms with Gasteiger partial charge in [0.2, 0.25) is 5.91 Å². The Labute approximate surface area is 168 Å². The van der Waals surface area contributed by atoms with Gasteiger partial charge in [0.25, 0.3) is 0 Å². The Bertz CT molecular complexity index is 869. The van der Waals surface area contributed by atoms with Gasteiger partial charge < -0.3 is 14.8 Å². The van der Waals surface area contributed by atoms with E-state index in [1.807, 2.05) is 0 Å². The number of carbonyl (C=O) groups excluding carboxylic acids is 3. The second-order valence-electron chi connectivity index (χ2n) is 6.18. The highest BCUT2D eigenvalue weighted by Crippen LogP contribution is 2.34. The van der Waals surface area contributed by atoms with Gasteiger partial charge in [-0.2, -0.15) is 0 Å². The van der Waals surface area contributed by atoms with E-state index in [0.717, 1.165) is 11.3 Å². The number of amides is 1. The molecule has 1 heterocycles. The summed E-state index contributed by atoms with van der Waals surface area (Å²) in [6.07, 6.45) is 0.820. The standard InChI is InChI=1S/C18H25NO7S2/c1-7-9-28(23,24)12(6)15(20)19-16-13(17(21)25-8-2)11(5)14(27-16)18(22)26-10(3)4/h7,10,12H,1,8-9H2,2-6H3,(H,19,20). The minimum absolute atomic E-state index is 0.00391. The molecule has 1 aromatic rings. The molecule has 28 heavy (non-hydrogen) atoms. The van der Waals surface area contributed by atoms with Gasteiger partial charge >= 0.3 is 11.9 Å². The average molecular weight is 432 g/mol. The number of hydrogen-bond acceptors (Lipinski definition) is 8. The number of anilines is 1. The normalized spacial score (nSPS) is 12.4. The van der Waals surface area contributed by atoms with Crippen LogP contribution >= 0.6 is 11.3 Å². The first kappa shape index (κ1) is 23.8. The van der Waals surface area contributed by atoms with Crippen molar-refractivity contribution in [1.82, 2.24) is 0 Å². The lowest BCUT2D eigenvalue weighted by atomic mass is 10.1. The van der Waals surface area contributed by atoms with Crippen LogP contribution in [0.1, 0.15) is 53.3 Å². The lowest BCUT2D eigenvalue weighted by Crippen LogP contribution is -2.33. The molecule has 0 aromatic carbocycles. The molecule has 0 radical (unpaired) electrons. The van der Waals surface area contributed by atoms with Crippen LogP contribution in [0.2, 0.25) is 0 Å². The Morgan fingerprint density at radius 2 is 1.82 bits per heavy atom. The van der Waals surface area contributed by atoms with Crippen molar-refractivity contribution in [2.75, 3.05) is 17.7 Å². The summed E-state index contributed by atoms with van der Waals surface area (Å²) in [5.74, 6) is -2.55. The molecular formula is C18H25NO7S2. The van der Waals surface area contributed by atoms with Crippen molar-refractivity contribution in [2.45, 2.75) is 46.0 Å². The van der Waals surface area contributed by atoms with E-state index >= 15 is 0 Å². The van der Waals surface area contributed by atoms with Crippen molar-refractivity contribution in [3.63, 3.8) is 0 Å². The average Bonchev–Trinajstić information content (AvgIpc) is 2.89. The largest absolute Gasteiger partial charge is 0.462 e. The summed E-state index contributed by atoms with van der Waals surface area (Å²) in [7, 11) is -3.74. The van der Waals surface area contributed by atoms with Crippen LogP contribution in [0, 0.1) is 6.92 Å². The fraction of sp³-hybridized carbons (Fsp3) is 0.500. The van der Waals surface area contributed by atoms with Crippen molar-refractivity contribution in [3.05, 3.63) is 28.7 Å². The maximum absolute atomic E-state index is 12.4. The number of hydrogen-bond donors (Lipinski definition) is 1. The molecule has 0 aliphatic rings. The van der Waals surface area contributed by atoms with Crippen LogP contribution in [0.15, 0.2) is 12.7 Å². The predicted molar refractivity (Wildman–Crippen MR) is 108 cm³/mol. The van der Waals surface area contributed by atoms with E-state index in [0.29, 0.717) is 5.56 Å². The summed E-state index contributed by atoms with van der Waals surface area (Å²) < 4.78 is 34.3. The van der Waals surface area contributed by atoms with E-state index in [9.17, 15) is 22.8 Å². The Hall–Kier alpha value is -2.20. The third kappa shape index (κ3) is 5.65. The van der Waals surface area contributed by atoms with E-state index < -0.39 is 32.9 Å². The number of esters is 2. The van der Waals surface area contributed by atoms with Crippen molar-refractivity contribution in [1.29, 1.82) is 0 Å². The highest BCUT2D eigenvalue weighted by Gasteiger charge is 2.31. The van der Waals surface area contributed by atoms with E-state index in [4.69, 9.17) is 9.47 Å². The molecule has 8 nitrogen and oxygen atoms in total. The summed E-state index contributed by atoms with van der Waals surface area (Å²) in [6, 6.07) is 0. The highest BCUT2D eigenvalue weighted by atomic mass is 32.2. The minimum Gasteiger partial charge on any atom is -0.462 e. The molecule has 0 bridgehead atoms. The predicted octanol–water partition coefficient (Wildman–Crippen LogP) is 2.73. The van der Waals surface area contributed by atoms with Gasteiger partial charge in [0.05, 0.1) is 24.0 Å². The Morgan fingerprint density at radius 1 is 1.21 bits per heavy atom. The van der Waals surface area contributed by atoms with Crippen molar-refractivity contribution < 1.29 is 32.3 Å². The molecule has 0 saturated heterocycles. The Morgan fingerprint density at radius 3 is 2.32 bits per heavy atom. The van der Waals surface area contributed by atoms with Crippen molar-refractivity contribution in [3.8, 4) is 0 Å². The van der Waals surface area contributed by atoms with Crippen LogP contribution in [0.5, 0.6) is 0 Å². The molecule has 1 rings (SSSR count). The highest BCUT2D eigenvalue weighted by molar-refractivity contribution is 7.92. The first-order valence-electron chi connectivity index (χ1n) is 8.61. The van der Waals surface area contributed by atoms with Gasteiger partial charge in [-0.15, -0.1) is 17.9 Å². The number of thiophene rings is 1. The van der Waals surface area contributed by atoms with Crippen LogP contribution in [0.25, 0.3) is 0 Å². The summed E-state index contributed by atoms with van der Waals surface area (Å²) in [5, 5.41) is 1.11. The number of nitrogens with one attached hydrogen (secondary N) is 1. The zero-order valence-corrected chi connectivity index (χ0v) is 18.2. The van der Waals surface area contributed by atoms with Gasteiger partial charge in [0, 0.05) is 0 Å². The van der Waals surface area contributed by atoms with E-state index in [1.165, 1.54) is 19.9 Å². The summed E-state index contributed by atoms with van der Waals surface area (Å²) in [6.45, 7) is 11.2. The van der Waals surface area contributed by atoms with Crippen LogP contribution < -0.4 is 5.32 Å². The molecule has 0 aliphatic carbocycles. The first-order chi connectivity index (χ1) is 13.0. The zero-order valence-electron chi connectivity index (χ0n) is 16.5. The lowest BCUT2D eigenvalue weighted by Gasteiger charge is -2.12. The molecule has 0 aliphatic heterocycles. The smallest absolute Gasteiger partial charge is 0.348 e. The maximum Gasteiger partial charge on any atom is 0.348 e. The molecule has 156 valence electrons. The van der Waals surface area contributed by atoms with E-state index in [2.05, 4.69) is 11.9 Å². The first-order valence-corrected chi connectivity index (χ1v) is 11.1. The van der Waals surface area contributed by atoms with Crippen LogP contribution in [0.4, 0.5) is 5.00 Å². The molecule has 0 spiro atoms. The van der Waals surface area contributed by atoms with Crippen molar-refractivity contribution in [2.24, 2.45) is 0 Å². The Kier molecular flexibility index (Phi) is 8.37. The minimum atomic E-state index is -3.74. The summed E-state index contributed by atoms with van der Waals surface area (Å²) in [4.78, 5) is 37.2. The van der Waals surface area contributed by atoms with Gasteiger partial charge in [-0.1, -0.05) is 6.08 Å². The molecule has 10 heteroatoms. The molecule has 1 N–H and O–H groups in total. The Balaban J connectivity index is 3.32. The fourth-order valence-electron chi connectivity index (χ4n) is 2.20. The molecule has 1 amide bonds. The topological polar surface area (TPSA) is 116 Å². The molecule has 1 unspecified atom stereocenters. The van der Waals surface area contributed by atoms with Gasteiger partial charge in [-0.05, 0) is 40.2 Å². The second kappa shape index (κ2) is 9.83. The quantitative estimate of drug-likeness (QED) is 0.472.